The van der Waals surface area contributed by atoms with Crippen molar-refractivity contribution in [3.63, 3.8) is 0 Å². The summed E-state index contributed by atoms with van der Waals surface area (Å²) in [6.07, 6.45) is 2.00. The van der Waals surface area contributed by atoms with Gasteiger partial charge in [0.25, 0.3) is 5.91 Å². The number of nitrogens with zero attached hydrogens (tertiary/aromatic N) is 1. The van der Waals surface area contributed by atoms with Crippen molar-refractivity contribution in [2.24, 2.45) is 0 Å². The summed E-state index contributed by atoms with van der Waals surface area (Å²) in [4.78, 5) is 25.8. The summed E-state index contributed by atoms with van der Waals surface area (Å²) >= 11 is 5.77. The number of hydrogen-bond acceptors (Lipinski definition) is 4. The Morgan fingerprint density at radius 3 is 2.88 bits per heavy atom. The monoisotopic (exact) mass is 255 g/mol. The molecule has 0 atom stereocenters. The molecular weight excluding hydrogens is 242 g/mol. The molecule has 6 heteroatoms. The Balaban J connectivity index is 2.96. The van der Waals surface area contributed by atoms with Crippen molar-refractivity contribution >= 4 is 29.5 Å². The second kappa shape index (κ2) is 6.20. The molecule has 2 N–H and O–H groups in total. The van der Waals surface area contributed by atoms with Gasteiger partial charge in [-0.25, -0.2) is 4.98 Å². The Bertz CT molecular complexity index is 421. The van der Waals surface area contributed by atoms with Crippen LogP contribution in [0.2, 0.25) is 5.15 Å². The highest BCUT2D eigenvalue weighted by Crippen LogP contribution is 2.19. The smallest absolute Gasteiger partial charge is 0.255 e. The number of rotatable bonds is 5. The summed E-state index contributed by atoms with van der Waals surface area (Å²) in [6, 6.07) is 1.74. The average molecular weight is 256 g/mol. The Morgan fingerprint density at radius 2 is 2.29 bits per heavy atom. The van der Waals surface area contributed by atoms with E-state index in [1.54, 1.807) is 6.07 Å². The van der Waals surface area contributed by atoms with Gasteiger partial charge < -0.3 is 15.4 Å². The highest BCUT2D eigenvalue weighted by Gasteiger charge is 2.12. The summed E-state index contributed by atoms with van der Waals surface area (Å²) in [5.74, 6) is -0.357. The molecule has 0 aliphatic rings. The molecule has 0 fully saturated rings. The first-order chi connectivity index (χ1) is 8.04. The second-order valence-electron chi connectivity index (χ2n) is 3.73. The molecule has 0 saturated heterocycles. The number of hydrogen-bond donors (Lipinski definition) is 2. The van der Waals surface area contributed by atoms with Crippen LogP contribution in [0.25, 0.3) is 0 Å². The number of halogens is 1. The number of amides is 1. The van der Waals surface area contributed by atoms with Gasteiger partial charge in [0, 0.05) is 12.2 Å². The lowest BCUT2D eigenvalue weighted by atomic mass is 10.2. The topological polar surface area (TPSA) is 71.1 Å². The van der Waals surface area contributed by atoms with Crippen molar-refractivity contribution in [1.82, 2.24) is 10.3 Å². The fourth-order valence-corrected chi connectivity index (χ4v) is 1.43. The third-order valence-corrected chi connectivity index (χ3v) is 2.11. The molecule has 0 radical (unpaired) electrons. The number of carbonyl (C=O) groups excluding carboxylic acids is 2. The van der Waals surface area contributed by atoms with Gasteiger partial charge in [-0.3, -0.25) is 4.79 Å². The lowest BCUT2D eigenvalue weighted by Gasteiger charge is -2.14. The highest BCUT2D eigenvalue weighted by molar-refractivity contribution is 6.29. The van der Waals surface area contributed by atoms with E-state index in [1.165, 1.54) is 6.20 Å². The minimum Gasteiger partial charge on any atom is -0.382 e. The van der Waals surface area contributed by atoms with Gasteiger partial charge in [-0.2, -0.15) is 0 Å². The molecule has 5 nitrogen and oxygen atoms in total. The molecule has 0 aliphatic carbocycles. The van der Waals surface area contributed by atoms with E-state index in [2.05, 4.69) is 15.6 Å². The molecule has 0 unspecified atom stereocenters. The molecule has 0 aromatic carbocycles. The van der Waals surface area contributed by atoms with Gasteiger partial charge in [0.15, 0.2) is 0 Å². The van der Waals surface area contributed by atoms with Crippen LogP contribution in [0.15, 0.2) is 12.3 Å². The molecular formula is C11H14ClN3O2. The number of anilines is 1. The van der Waals surface area contributed by atoms with E-state index in [1.807, 2.05) is 13.8 Å². The van der Waals surface area contributed by atoms with Gasteiger partial charge in [0.2, 0.25) is 0 Å². The number of nitrogens with one attached hydrogen (secondary N) is 2. The quantitative estimate of drug-likeness (QED) is 0.618. The fourth-order valence-electron chi connectivity index (χ4n) is 1.27. The van der Waals surface area contributed by atoms with E-state index in [9.17, 15) is 9.59 Å². The van der Waals surface area contributed by atoms with E-state index in [0.29, 0.717) is 22.7 Å². The molecule has 1 rings (SSSR count). The first-order valence-electron chi connectivity index (χ1n) is 5.18. The lowest BCUT2D eigenvalue weighted by molar-refractivity contribution is -0.107. The Morgan fingerprint density at radius 1 is 1.59 bits per heavy atom. The van der Waals surface area contributed by atoms with E-state index >= 15 is 0 Å². The Hall–Kier alpha value is -1.62. The zero-order chi connectivity index (χ0) is 12.8. The number of carbonyl (C=O) groups is 2. The summed E-state index contributed by atoms with van der Waals surface area (Å²) < 4.78 is 0. The van der Waals surface area contributed by atoms with Crippen LogP contribution in [0, 0.1) is 0 Å². The zero-order valence-electron chi connectivity index (χ0n) is 9.66. The molecule has 1 aromatic heterocycles. The van der Waals surface area contributed by atoms with Crippen LogP contribution >= 0.6 is 11.6 Å². The van der Waals surface area contributed by atoms with Crippen LogP contribution in [0.3, 0.4) is 0 Å². The van der Waals surface area contributed by atoms with E-state index < -0.39 is 0 Å². The summed E-state index contributed by atoms with van der Waals surface area (Å²) in [6.45, 7) is 3.87. The predicted molar refractivity (Wildman–Crippen MR) is 66.4 cm³/mol. The van der Waals surface area contributed by atoms with Crippen LogP contribution in [0.4, 0.5) is 5.69 Å². The van der Waals surface area contributed by atoms with Gasteiger partial charge in [-0.15, -0.1) is 0 Å². The molecule has 1 heterocycles. The van der Waals surface area contributed by atoms with Gasteiger partial charge in [-0.05, 0) is 19.9 Å². The van der Waals surface area contributed by atoms with Crippen LogP contribution < -0.4 is 10.6 Å². The van der Waals surface area contributed by atoms with Crippen molar-refractivity contribution in [3.05, 3.63) is 23.0 Å². The summed E-state index contributed by atoms with van der Waals surface area (Å²) in [5, 5.41) is 5.86. The standard InChI is InChI=1S/C11H14ClN3O2/c1-7(2)15-9-5-10(12)14-6-8(9)11(17)13-3-4-16/h4-7H,3H2,1-2H3,(H,13,17)(H,14,15). The third-order valence-electron chi connectivity index (χ3n) is 1.91. The minimum atomic E-state index is -0.357. The van der Waals surface area contributed by atoms with Gasteiger partial charge >= 0.3 is 0 Å². The van der Waals surface area contributed by atoms with Crippen LogP contribution in [-0.2, 0) is 4.79 Å². The van der Waals surface area contributed by atoms with Crippen molar-refractivity contribution < 1.29 is 9.59 Å². The maximum absolute atomic E-state index is 11.7. The van der Waals surface area contributed by atoms with E-state index in [0.717, 1.165) is 0 Å². The van der Waals surface area contributed by atoms with Crippen LogP contribution in [0.1, 0.15) is 24.2 Å². The zero-order valence-corrected chi connectivity index (χ0v) is 10.4. The average Bonchev–Trinajstić information content (AvgIpc) is 2.25. The van der Waals surface area contributed by atoms with Crippen molar-refractivity contribution in [2.75, 3.05) is 11.9 Å². The fraction of sp³-hybridized carbons (Fsp3) is 0.364. The highest BCUT2D eigenvalue weighted by atomic mass is 35.5. The molecule has 17 heavy (non-hydrogen) atoms. The third kappa shape index (κ3) is 4.03. The normalized spacial score (nSPS) is 10.1. The molecule has 1 aromatic rings. The Kier molecular flexibility index (Phi) is 4.90. The van der Waals surface area contributed by atoms with Crippen molar-refractivity contribution in [3.8, 4) is 0 Å². The second-order valence-corrected chi connectivity index (χ2v) is 4.12. The first-order valence-corrected chi connectivity index (χ1v) is 5.56. The van der Waals surface area contributed by atoms with E-state index in [4.69, 9.17) is 11.6 Å². The SMILES string of the molecule is CC(C)Nc1cc(Cl)ncc1C(=O)NCC=O. The van der Waals surface area contributed by atoms with Gasteiger partial charge in [-0.1, -0.05) is 11.6 Å². The maximum Gasteiger partial charge on any atom is 0.255 e. The number of aldehydes is 1. The van der Waals surface area contributed by atoms with Gasteiger partial charge in [0.1, 0.15) is 11.4 Å². The largest absolute Gasteiger partial charge is 0.382 e. The number of aromatic nitrogens is 1. The Labute approximate surface area is 105 Å². The molecule has 1 amide bonds. The first kappa shape index (κ1) is 13.4. The van der Waals surface area contributed by atoms with Crippen molar-refractivity contribution in [1.29, 1.82) is 0 Å². The summed E-state index contributed by atoms with van der Waals surface area (Å²) in [5.41, 5.74) is 0.966. The van der Waals surface area contributed by atoms with Gasteiger partial charge in [0.05, 0.1) is 17.8 Å². The van der Waals surface area contributed by atoms with Crippen LogP contribution in [0.5, 0.6) is 0 Å². The van der Waals surface area contributed by atoms with Crippen LogP contribution in [-0.4, -0.2) is 29.8 Å². The predicted octanol–water partition coefficient (Wildman–Crippen LogP) is 1.48. The number of pyridine rings is 1. The minimum absolute atomic E-state index is 0.0252. The van der Waals surface area contributed by atoms with Crippen molar-refractivity contribution in [2.45, 2.75) is 19.9 Å². The maximum atomic E-state index is 11.7. The summed E-state index contributed by atoms with van der Waals surface area (Å²) in [7, 11) is 0. The molecule has 0 spiro atoms. The molecule has 0 aliphatic heterocycles. The lowest BCUT2D eigenvalue weighted by Crippen LogP contribution is -2.27. The molecule has 92 valence electrons. The van der Waals surface area contributed by atoms with E-state index in [-0.39, 0.29) is 18.5 Å². The molecule has 0 saturated carbocycles. The molecule has 0 bridgehead atoms.